The highest BCUT2D eigenvalue weighted by molar-refractivity contribution is 5.83. The van der Waals surface area contributed by atoms with Crippen LogP contribution in [0, 0.1) is 11.8 Å². The number of carbonyl (C=O) groups is 2. The fourth-order valence-electron chi connectivity index (χ4n) is 2.20. The van der Waals surface area contributed by atoms with Crippen molar-refractivity contribution in [2.24, 2.45) is 11.8 Å². The maximum atomic E-state index is 11.4. The predicted molar refractivity (Wildman–Crippen MR) is 81.4 cm³/mol. The zero-order chi connectivity index (χ0) is 17.3. The quantitative estimate of drug-likeness (QED) is 0.363. The van der Waals surface area contributed by atoms with Crippen molar-refractivity contribution in [3.05, 3.63) is 25.3 Å². The van der Waals surface area contributed by atoms with Gasteiger partial charge in [0.2, 0.25) is 0 Å². The van der Waals surface area contributed by atoms with Gasteiger partial charge in [0.25, 0.3) is 0 Å². The molecule has 0 aromatic rings. The molecule has 0 aliphatic carbocycles. The lowest BCUT2D eigenvalue weighted by Gasteiger charge is -2.35. The van der Waals surface area contributed by atoms with Crippen LogP contribution in [0.15, 0.2) is 25.3 Å². The van der Waals surface area contributed by atoms with E-state index in [0.717, 1.165) is 12.2 Å². The van der Waals surface area contributed by atoms with Crippen LogP contribution in [0.25, 0.3) is 0 Å². The molecule has 0 saturated carbocycles. The van der Waals surface area contributed by atoms with Crippen LogP contribution in [-0.4, -0.2) is 34.2 Å². The molecule has 0 saturated heterocycles. The molecular formula is C16H26O6. The third-order valence-corrected chi connectivity index (χ3v) is 3.63. The van der Waals surface area contributed by atoms with E-state index in [-0.39, 0.29) is 5.92 Å². The lowest BCUT2D eigenvalue weighted by atomic mass is 9.86. The number of hydrogen-bond acceptors (Lipinski definition) is 6. The van der Waals surface area contributed by atoms with E-state index in [1.54, 1.807) is 13.8 Å². The van der Waals surface area contributed by atoms with Crippen LogP contribution in [0.3, 0.4) is 0 Å². The third kappa shape index (κ3) is 5.99. The molecule has 0 bridgehead atoms. The minimum atomic E-state index is -2.42. The first-order valence-corrected chi connectivity index (χ1v) is 7.35. The maximum absolute atomic E-state index is 11.4. The molecule has 6 heteroatoms. The Morgan fingerprint density at radius 2 is 1.59 bits per heavy atom. The second-order valence-corrected chi connectivity index (χ2v) is 5.13. The van der Waals surface area contributed by atoms with E-state index in [1.807, 2.05) is 6.92 Å². The summed E-state index contributed by atoms with van der Waals surface area (Å²) in [5.74, 6) is -5.08. The van der Waals surface area contributed by atoms with E-state index in [0.29, 0.717) is 19.3 Å². The van der Waals surface area contributed by atoms with Crippen molar-refractivity contribution in [1.82, 2.24) is 0 Å². The summed E-state index contributed by atoms with van der Waals surface area (Å²) in [6, 6.07) is 0. The van der Waals surface area contributed by atoms with Crippen LogP contribution >= 0.6 is 0 Å². The van der Waals surface area contributed by atoms with Gasteiger partial charge in [0, 0.05) is 12.2 Å². The summed E-state index contributed by atoms with van der Waals surface area (Å²) in [4.78, 5) is 22.9. The number of aliphatic hydroxyl groups excluding tert-OH is 1. The summed E-state index contributed by atoms with van der Waals surface area (Å²) >= 11 is 0. The van der Waals surface area contributed by atoms with Gasteiger partial charge >= 0.3 is 17.9 Å². The van der Waals surface area contributed by atoms with Gasteiger partial charge in [-0.2, -0.15) is 0 Å². The van der Waals surface area contributed by atoms with Crippen molar-refractivity contribution >= 4 is 11.9 Å². The molecule has 0 amide bonds. The Balaban J connectivity index is 5.38. The Morgan fingerprint density at radius 3 is 1.86 bits per heavy atom. The molecular weight excluding hydrogens is 288 g/mol. The number of aliphatic hydroxyl groups is 2. The summed E-state index contributed by atoms with van der Waals surface area (Å²) in [7, 11) is 0. The molecule has 0 aliphatic rings. The van der Waals surface area contributed by atoms with Gasteiger partial charge in [-0.3, -0.25) is 0 Å². The number of ether oxygens (including phenoxy) is 2. The van der Waals surface area contributed by atoms with Gasteiger partial charge in [-0.1, -0.05) is 33.4 Å². The molecule has 6 nitrogen and oxygen atoms in total. The van der Waals surface area contributed by atoms with Gasteiger partial charge in [0.05, 0.1) is 12.0 Å². The summed E-state index contributed by atoms with van der Waals surface area (Å²) in [5, 5.41) is 20.3. The normalized spacial score (nSPS) is 15.3. The van der Waals surface area contributed by atoms with E-state index < -0.39 is 29.9 Å². The van der Waals surface area contributed by atoms with Crippen LogP contribution in [-0.2, 0) is 19.1 Å². The van der Waals surface area contributed by atoms with Crippen molar-refractivity contribution in [3.63, 3.8) is 0 Å². The van der Waals surface area contributed by atoms with Crippen molar-refractivity contribution in [2.75, 3.05) is 0 Å². The highest BCUT2D eigenvalue weighted by Crippen LogP contribution is 2.32. The predicted octanol–water partition coefficient (Wildman–Crippen LogP) is 1.91. The Hall–Kier alpha value is -1.66. The van der Waals surface area contributed by atoms with E-state index in [2.05, 4.69) is 13.2 Å². The third-order valence-electron chi connectivity index (χ3n) is 3.63. The van der Waals surface area contributed by atoms with E-state index in [9.17, 15) is 19.8 Å². The maximum Gasteiger partial charge on any atom is 0.376 e. The highest BCUT2D eigenvalue weighted by atomic mass is 16.8. The summed E-state index contributed by atoms with van der Waals surface area (Å²) in [6.07, 6.45) is 2.48. The van der Waals surface area contributed by atoms with Gasteiger partial charge in [-0.05, 0) is 25.7 Å². The summed E-state index contributed by atoms with van der Waals surface area (Å²) in [5.41, 5.74) is 0. The monoisotopic (exact) mass is 314 g/mol. The zero-order valence-electron chi connectivity index (χ0n) is 13.4. The molecule has 22 heavy (non-hydrogen) atoms. The Kier molecular flexibility index (Phi) is 8.67. The molecule has 3 atom stereocenters. The largest absolute Gasteiger partial charge is 0.395 e. The average Bonchev–Trinajstić information content (AvgIpc) is 2.47. The van der Waals surface area contributed by atoms with Gasteiger partial charge in [-0.15, -0.1) is 0 Å². The van der Waals surface area contributed by atoms with Gasteiger partial charge < -0.3 is 19.7 Å². The molecule has 126 valence electrons. The molecule has 0 fully saturated rings. The average molecular weight is 314 g/mol. The molecule has 0 radical (unpaired) electrons. The highest BCUT2D eigenvalue weighted by Gasteiger charge is 2.44. The molecule has 0 aromatic carbocycles. The molecule has 0 rings (SSSR count). The first-order chi connectivity index (χ1) is 10.2. The molecule has 3 unspecified atom stereocenters. The first-order valence-electron chi connectivity index (χ1n) is 7.35. The van der Waals surface area contributed by atoms with Crippen LogP contribution < -0.4 is 0 Å². The SMILES string of the molecule is C=CC(=O)OC(O)(OC(=O)C=C)C(CC)CC(CC)C(C)O. The number of esters is 2. The van der Waals surface area contributed by atoms with Crippen molar-refractivity contribution in [1.29, 1.82) is 0 Å². The van der Waals surface area contributed by atoms with Gasteiger partial charge in [-0.25, -0.2) is 9.59 Å². The Morgan fingerprint density at radius 1 is 1.14 bits per heavy atom. The smallest absolute Gasteiger partial charge is 0.376 e. The van der Waals surface area contributed by atoms with Gasteiger partial charge in [0.1, 0.15) is 0 Å². The van der Waals surface area contributed by atoms with E-state index >= 15 is 0 Å². The molecule has 0 spiro atoms. The summed E-state index contributed by atoms with van der Waals surface area (Å²) in [6.45, 7) is 11.8. The Bertz CT molecular complexity index is 379. The number of hydrogen-bond donors (Lipinski definition) is 2. The van der Waals surface area contributed by atoms with Crippen LogP contribution in [0.1, 0.15) is 40.0 Å². The fraction of sp³-hybridized carbons (Fsp3) is 0.625. The van der Waals surface area contributed by atoms with E-state index in [4.69, 9.17) is 9.47 Å². The fourth-order valence-corrected chi connectivity index (χ4v) is 2.20. The number of carbonyl (C=O) groups excluding carboxylic acids is 2. The number of rotatable bonds is 10. The molecule has 0 aliphatic heterocycles. The second-order valence-electron chi connectivity index (χ2n) is 5.13. The second kappa shape index (κ2) is 9.38. The van der Waals surface area contributed by atoms with Gasteiger partial charge in [0.15, 0.2) is 0 Å². The molecule has 0 heterocycles. The van der Waals surface area contributed by atoms with Crippen molar-refractivity contribution in [2.45, 2.75) is 52.1 Å². The minimum Gasteiger partial charge on any atom is -0.395 e. The van der Waals surface area contributed by atoms with Crippen LogP contribution in [0.2, 0.25) is 0 Å². The van der Waals surface area contributed by atoms with Crippen molar-refractivity contribution in [3.8, 4) is 0 Å². The standard InChI is InChI=1S/C16H26O6/c1-6-12(11(5)17)10-13(7-2)16(20,21-14(18)8-3)22-15(19)9-4/h8-9,11-13,17,20H,3-4,6-7,10H2,1-2,5H3. The molecule has 0 aromatic heterocycles. The Labute approximate surface area is 131 Å². The van der Waals surface area contributed by atoms with Crippen molar-refractivity contribution < 1.29 is 29.3 Å². The minimum absolute atomic E-state index is 0.138. The lowest BCUT2D eigenvalue weighted by molar-refractivity contribution is -0.349. The van der Waals surface area contributed by atoms with Crippen LogP contribution in [0.5, 0.6) is 0 Å². The van der Waals surface area contributed by atoms with E-state index in [1.165, 1.54) is 0 Å². The topological polar surface area (TPSA) is 93.1 Å². The summed E-state index contributed by atoms with van der Waals surface area (Å²) < 4.78 is 9.73. The van der Waals surface area contributed by atoms with Crippen LogP contribution in [0.4, 0.5) is 0 Å². The first kappa shape index (κ1) is 20.3. The molecule has 2 N–H and O–H groups in total. The zero-order valence-corrected chi connectivity index (χ0v) is 13.4. The lowest BCUT2D eigenvalue weighted by Crippen LogP contribution is -2.47.